The zero-order valence-electron chi connectivity index (χ0n) is 9.67. The van der Waals surface area contributed by atoms with Gasteiger partial charge in [-0.15, -0.1) is 5.10 Å². The molecular formula is C8H11N7OS2. The van der Waals surface area contributed by atoms with Gasteiger partial charge in [0.1, 0.15) is 10.8 Å². The van der Waals surface area contributed by atoms with Gasteiger partial charge in [-0.05, 0) is 18.0 Å². The number of rotatable bonds is 4. The molecule has 0 aliphatic carbocycles. The number of thioether (sulfide) groups is 1. The topological polar surface area (TPSA) is 115 Å². The maximum absolute atomic E-state index is 11.2. The number of hydrazine groups is 1. The second-order valence-corrected chi connectivity index (χ2v) is 4.96. The van der Waals surface area contributed by atoms with E-state index < -0.39 is 0 Å². The van der Waals surface area contributed by atoms with Crippen LogP contribution in [-0.2, 0) is 7.05 Å². The van der Waals surface area contributed by atoms with Crippen molar-refractivity contribution in [1.29, 1.82) is 0 Å². The first-order valence-electron chi connectivity index (χ1n) is 4.83. The standard InChI is InChI=1S/C8H11N7OS2/c1-15-7(16)13-14-8(15)18-5-3-4(12-9)10-6(11-5)17-2/h3H,9H2,1-2H3,(H,13,16)(H,10,11,12). The van der Waals surface area contributed by atoms with Gasteiger partial charge < -0.3 is 5.43 Å². The van der Waals surface area contributed by atoms with Crippen LogP contribution in [0.15, 0.2) is 26.2 Å². The highest BCUT2D eigenvalue weighted by Gasteiger charge is 2.10. The molecule has 4 N–H and O–H groups in total. The van der Waals surface area contributed by atoms with Crippen molar-refractivity contribution < 1.29 is 0 Å². The molecule has 2 heterocycles. The van der Waals surface area contributed by atoms with Gasteiger partial charge in [0.25, 0.3) is 0 Å². The van der Waals surface area contributed by atoms with Crippen LogP contribution in [0.1, 0.15) is 0 Å². The fraction of sp³-hybridized carbons (Fsp3) is 0.250. The molecule has 0 amide bonds. The number of nitrogens with two attached hydrogens (primary N) is 1. The predicted molar refractivity (Wildman–Crippen MR) is 69.6 cm³/mol. The number of nitrogens with zero attached hydrogens (tertiary/aromatic N) is 4. The first kappa shape index (κ1) is 12.9. The molecule has 0 atom stereocenters. The SMILES string of the molecule is CSc1nc(NN)cc(Sc2n[nH]c(=O)n2C)n1. The van der Waals surface area contributed by atoms with Crippen molar-refractivity contribution in [3.8, 4) is 0 Å². The summed E-state index contributed by atoms with van der Waals surface area (Å²) >= 11 is 2.66. The Bertz CT molecular complexity index is 585. The van der Waals surface area contributed by atoms with Gasteiger partial charge >= 0.3 is 5.69 Å². The van der Waals surface area contributed by atoms with Gasteiger partial charge in [0.2, 0.25) is 0 Å². The molecule has 96 valence electrons. The van der Waals surface area contributed by atoms with Gasteiger partial charge in [-0.25, -0.2) is 25.7 Å². The summed E-state index contributed by atoms with van der Waals surface area (Å²) in [4.78, 5) is 19.7. The highest BCUT2D eigenvalue weighted by molar-refractivity contribution is 7.99. The lowest BCUT2D eigenvalue weighted by Crippen LogP contribution is -2.13. The zero-order valence-corrected chi connectivity index (χ0v) is 11.3. The van der Waals surface area contributed by atoms with E-state index in [0.29, 0.717) is 21.2 Å². The van der Waals surface area contributed by atoms with E-state index in [2.05, 4.69) is 25.6 Å². The Morgan fingerprint density at radius 3 is 2.83 bits per heavy atom. The van der Waals surface area contributed by atoms with Crippen LogP contribution < -0.4 is 17.0 Å². The molecule has 0 bridgehead atoms. The van der Waals surface area contributed by atoms with Crippen LogP contribution in [0.5, 0.6) is 0 Å². The minimum atomic E-state index is -0.270. The van der Waals surface area contributed by atoms with E-state index in [9.17, 15) is 4.79 Å². The van der Waals surface area contributed by atoms with Crippen molar-refractivity contribution >= 4 is 29.3 Å². The number of nitrogen functional groups attached to an aromatic ring is 1. The Hall–Kier alpha value is -1.52. The van der Waals surface area contributed by atoms with Crippen LogP contribution in [0.25, 0.3) is 0 Å². The number of nitrogens with one attached hydrogen (secondary N) is 2. The number of hydrogen-bond donors (Lipinski definition) is 3. The molecule has 2 rings (SSSR count). The van der Waals surface area contributed by atoms with Gasteiger partial charge in [-0.1, -0.05) is 11.8 Å². The van der Waals surface area contributed by atoms with E-state index in [1.807, 2.05) is 6.26 Å². The number of H-pyrrole nitrogens is 1. The number of hydrogen-bond acceptors (Lipinski definition) is 8. The van der Waals surface area contributed by atoms with Crippen LogP contribution in [0, 0.1) is 0 Å². The van der Waals surface area contributed by atoms with Crippen molar-refractivity contribution in [1.82, 2.24) is 24.7 Å². The second-order valence-electron chi connectivity index (χ2n) is 3.19. The third-order valence-corrected chi connectivity index (χ3v) is 3.56. The average Bonchev–Trinajstić information content (AvgIpc) is 2.70. The number of aromatic amines is 1. The molecule has 8 nitrogen and oxygen atoms in total. The van der Waals surface area contributed by atoms with E-state index in [1.54, 1.807) is 13.1 Å². The largest absolute Gasteiger partial charge is 0.343 e. The molecule has 0 saturated carbocycles. The Balaban J connectivity index is 2.33. The molecule has 0 saturated heterocycles. The van der Waals surface area contributed by atoms with Crippen LogP contribution in [0.2, 0.25) is 0 Å². The lowest BCUT2D eigenvalue weighted by Gasteiger charge is -2.04. The molecule has 0 fully saturated rings. The van der Waals surface area contributed by atoms with Crippen molar-refractivity contribution in [2.45, 2.75) is 15.3 Å². The van der Waals surface area contributed by atoms with Crippen molar-refractivity contribution in [3.05, 3.63) is 16.6 Å². The summed E-state index contributed by atoms with van der Waals surface area (Å²) in [5.41, 5.74) is 2.20. The van der Waals surface area contributed by atoms with E-state index in [0.717, 1.165) is 0 Å². The molecule has 0 aliphatic heterocycles. The van der Waals surface area contributed by atoms with Gasteiger partial charge in [-0.2, -0.15) is 0 Å². The minimum absolute atomic E-state index is 0.270. The van der Waals surface area contributed by atoms with Gasteiger partial charge in [0, 0.05) is 13.1 Å². The summed E-state index contributed by atoms with van der Waals surface area (Å²) in [5, 5.41) is 8.02. The van der Waals surface area contributed by atoms with E-state index in [1.165, 1.54) is 28.1 Å². The van der Waals surface area contributed by atoms with Crippen molar-refractivity contribution in [3.63, 3.8) is 0 Å². The van der Waals surface area contributed by atoms with Gasteiger partial charge in [0.05, 0.1) is 0 Å². The van der Waals surface area contributed by atoms with Crippen molar-refractivity contribution in [2.75, 3.05) is 11.7 Å². The third kappa shape index (κ3) is 2.66. The Labute approximate surface area is 111 Å². The normalized spacial score (nSPS) is 10.6. The molecule has 10 heteroatoms. The molecule has 0 aliphatic rings. The molecular weight excluding hydrogens is 274 g/mol. The quantitative estimate of drug-likeness (QED) is 0.237. The first-order chi connectivity index (χ1) is 8.63. The number of aromatic nitrogens is 5. The highest BCUT2D eigenvalue weighted by atomic mass is 32.2. The fourth-order valence-corrected chi connectivity index (χ4v) is 2.38. The lowest BCUT2D eigenvalue weighted by molar-refractivity contribution is 0.763. The Morgan fingerprint density at radius 1 is 1.50 bits per heavy atom. The number of anilines is 1. The Morgan fingerprint density at radius 2 is 2.28 bits per heavy atom. The van der Waals surface area contributed by atoms with Crippen LogP contribution in [-0.4, -0.2) is 31.0 Å². The predicted octanol–water partition coefficient (Wildman–Crippen LogP) is 0.0571. The van der Waals surface area contributed by atoms with Crippen LogP contribution >= 0.6 is 23.5 Å². The summed E-state index contributed by atoms with van der Waals surface area (Å²) in [6.07, 6.45) is 1.87. The summed E-state index contributed by atoms with van der Waals surface area (Å²) in [6, 6.07) is 1.68. The van der Waals surface area contributed by atoms with Crippen LogP contribution in [0.4, 0.5) is 5.82 Å². The zero-order chi connectivity index (χ0) is 13.1. The molecule has 2 aromatic heterocycles. The fourth-order valence-electron chi connectivity index (χ4n) is 1.14. The molecule has 0 aromatic carbocycles. The third-order valence-electron chi connectivity index (χ3n) is 2.05. The highest BCUT2D eigenvalue weighted by Crippen LogP contribution is 2.26. The second kappa shape index (κ2) is 5.42. The van der Waals surface area contributed by atoms with Gasteiger partial charge in [0.15, 0.2) is 10.3 Å². The van der Waals surface area contributed by atoms with Crippen LogP contribution in [0.3, 0.4) is 0 Å². The first-order valence-corrected chi connectivity index (χ1v) is 6.87. The molecule has 18 heavy (non-hydrogen) atoms. The van der Waals surface area contributed by atoms with E-state index in [4.69, 9.17) is 5.84 Å². The maximum Gasteiger partial charge on any atom is 0.343 e. The van der Waals surface area contributed by atoms with E-state index >= 15 is 0 Å². The maximum atomic E-state index is 11.2. The summed E-state index contributed by atoms with van der Waals surface area (Å²) < 4.78 is 1.40. The molecule has 2 aromatic rings. The minimum Gasteiger partial charge on any atom is -0.308 e. The summed E-state index contributed by atoms with van der Waals surface area (Å²) in [7, 11) is 1.63. The lowest BCUT2D eigenvalue weighted by atomic mass is 10.6. The smallest absolute Gasteiger partial charge is 0.308 e. The average molecular weight is 285 g/mol. The monoisotopic (exact) mass is 285 g/mol. The summed E-state index contributed by atoms with van der Waals surface area (Å²) in [6.45, 7) is 0. The molecule has 0 radical (unpaired) electrons. The van der Waals surface area contributed by atoms with Crippen molar-refractivity contribution in [2.24, 2.45) is 12.9 Å². The van der Waals surface area contributed by atoms with E-state index in [-0.39, 0.29) is 5.69 Å². The van der Waals surface area contributed by atoms with Gasteiger partial charge in [-0.3, -0.25) is 4.57 Å². The molecule has 0 spiro atoms. The Kier molecular flexibility index (Phi) is 3.89. The molecule has 0 unspecified atom stereocenters. The summed E-state index contributed by atoms with van der Waals surface area (Å²) in [5.74, 6) is 5.85.